The Bertz CT molecular complexity index is 428. The molecule has 0 fully saturated rings. The van der Waals surface area contributed by atoms with Crippen molar-refractivity contribution in [2.75, 3.05) is 6.61 Å². The largest absolute Gasteiger partial charge is 0.358 e. The Morgan fingerprint density at radius 1 is 1.29 bits per heavy atom. The van der Waals surface area contributed by atoms with Gasteiger partial charge in [-0.15, -0.1) is 0 Å². The molecule has 0 amide bonds. The first-order valence-electron chi connectivity index (χ1n) is 5.86. The van der Waals surface area contributed by atoms with Crippen molar-refractivity contribution in [3.63, 3.8) is 0 Å². The van der Waals surface area contributed by atoms with Crippen molar-refractivity contribution in [2.45, 2.75) is 19.3 Å². The number of allylic oxidation sites excluding steroid dienone is 2. The summed E-state index contributed by atoms with van der Waals surface area (Å²) in [4.78, 5) is 9.83. The first kappa shape index (κ1) is 12.6. The first-order valence-corrected chi connectivity index (χ1v) is 7.44. The summed E-state index contributed by atoms with van der Waals surface area (Å²) in [6.07, 6.45) is 7.27. The fraction of sp³-hybridized carbons (Fsp3) is 0.385. The van der Waals surface area contributed by atoms with Crippen LogP contribution in [0.3, 0.4) is 0 Å². The molecule has 1 aliphatic rings. The summed E-state index contributed by atoms with van der Waals surface area (Å²) >= 11 is 0. The Morgan fingerprint density at radius 2 is 2.06 bits per heavy atom. The SMILES string of the molecule is O=P(O)(OCC1CC=CCC1)c1ccccc1. The normalized spacial score (nSPS) is 23.2. The fourth-order valence-corrected chi connectivity index (χ4v) is 3.02. The van der Waals surface area contributed by atoms with E-state index in [9.17, 15) is 9.46 Å². The van der Waals surface area contributed by atoms with Gasteiger partial charge in [0.2, 0.25) is 0 Å². The summed E-state index contributed by atoms with van der Waals surface area (Å²) < 4.78 is 17.2. The molecule has 3 nitrogen and oxygen atoms in total. The van der Waals surface area contributed by atoms with Crippen LogP contribution in [0.25, 0.3) is 0 Å². The average molecular weight is 252 g/mol. The summed E-state index contributed by atoms with van der Waals surface area (Å²) in [7, 11) is -3.64. The molecule has 4 heteroatoms. The quantitative estimate of drug-likeness (QED) is 0.662. The molecule has 92 valence electrons. The molecule has 0 radical (unpaired) electrons. The van der Waals surface area contributed by atoms with Crippen LogP contribution in [0, 0.1) is 5.92 Å². The van der Waals surface area contributed by atoms with Crippen LogP contribution >= 0.6 is 7.60 Å². The summed E-state index contributed by atoms with van der Waals surface area (Å²) in [6.45, 7) is 0.354. The topological polar surface area (TPSA) is 46.5 Å². The van der Waals surface area contributed by atoms with E-state index in [-0.39, 0.29) is 0 Å². The minimum absolute atomic E-state index is 0.354. The van der Waals surface area contributed by atoms with Gasteiger partial charge in [-0.2, -0.15) is 0 Å². The van der Waals surface area contributed by atoms with E-state index in [2.05, 4.69) is 12.2 Å². The Morgan fingerprint density at radius 3 is 2.71 bits per heavy atom. The molecule has 0 saturated heterocycles. The van der Waals surface area contributed by atoms with Gasteiger partial charge in [0.1, 0.15) is 0 Å². The zero-order valence-electron chi connectivity index (χ0n) is 9.66. The first-order chi connectivity index (χ1) is 8.18. The predicted molar refractivity (Wildman–Crippen MR) is 68.3 cm³/mol. The molecule has 0 aromatic heterocycles. The molecule has 1 aromatic carbocycles. The third-order valence-electron chi connectivity index (χ3n) is 2.95. The van der Waals surface area contributed by atoms with E-state index >= 15 is 0 Å². The zero-order valence-corrected chi connectivity index (χ0v) is 10.6. The van der Waals surface area contributed by atoms with E-state index in [4.69, 9.17) is 4.52 Å². The second kappa shape index (κ2) is 5.63. The van der Waals surface area contributed by atoms with Crippen molar-refractivity contribution in [2.24, 2.45) is 5.92 Å². The van der Waals surface area contributed by atoms with E-state index in [1.807, 2.05) is 6.07 Å². The molecule has 2 atom stereocenters. The predicted octanol–water partition coefficient (Wildman–Crippen LogP) is 2.87. The molecular formula is C13H17O3P. The molecule has 0 bridgehead atoms. The van der Waals surface area contributed by atoms with Crippen LogP contribution in [-0.2, 0) is 9.09 Å². The molecule has 0 spiro atoms. The van der Waals surface area contributed by atoms with E-state index in [1.54, 1.807) is 24.3 Å². The number of benzene rings is 1. The van der Waals surface area contributed by atoms with Gasteiger partial charge in [-0.3, -0.25) is 4.57 Å². The zero-order chi connectivity index (χ0) is 12.1. The van der Waals surface area contributed by atoms with Crippen LogP contribution in [0.1, 0.15) is 19.3 Å². The number of rotatable bonds is 4. The van der Waals surface area contributed by atoms with E-state index in [0.29, 0.717) is 17.8 Å². The smallest absolute Gasteiger partial charge is 0.321 e. The molecule has 1 aromatic rings. The summed E-state index contributed by atoms with van der Waals surface area (Å²) in [5.41, 5.74) is 0. The van der Waals surface area contributed by atoms with Gasteiger partial charge in [0.25, 0.3) is 0 Å². The molecule has 1 N–H and O–H groups in total. The van der Waals surface area contributed by atoms with Crippen LogP contribution in [0.2, 0.25) is 0 Å². The number of hydrogen-bond donors (Lipinski definition) is 1. The van der Waals surface area contributed by atoms with Gasteiger partial charge < -0.3 is 9.42 Å². The van der Waals surface area contributed by atoms with Gasteiger partial charge in [0, 0.05) is 0 Å². The van der Waals surface area contributed by atoms with Gasteiger partial charge >= 0.3 is 7.60 Å². The van der Waals surface area contributed by atoms with Gasteiger partial charge in [-0.1, -0.05) is 30.4 Å². The standard InChI is InChI=1S/C13H17O3P/c14-17(15,13-9-5-2-6-10-13)16-11-12-7-3-1-4-8-12/h1-3,5-6,9-10,12H,4,7-8,11H2,(H,14,15). The Labute approximate surface area is 102 Å². The van der Waals surface area contributed by atoms with Crippen molar-refractivity contribution in [1.82, 2.24) is 0 Å². The van der Waals surface area contributed by atoms with Crippen LogP contribution in [0.5, 0.6) is 0 Å². The minimum atomic E-state index is -3.64. The minimum Gasteiger partial charge on any atom is -0.321 e. The fourth-order valence-electron chi connectivity index (χ4n) is 1.91. The van der Waals surface area contributed by atoms with E-state index in [0.717, 1.165) is 19.3 Å². The highest BCUT2D eigenvalue weighted by molar-refractivity contribution is 7.61. The van der Waals surface area contributed by atoms with Crippen LogP contribution < -0.4 is 5.30 Å². The summed E-state index contributed by atoms with van der Waals surface area (Å²) in [6, 6.07) is 8.55. The van der Waals surface area contributed by atoms with Crippen LogP contribution in [0.15, 0.2) is 42.5 Å². The second-order valence-electron chi connectivity index (χ2n) is 4.30. The molecule has 0 aliphatic heterocycles. The van der Waals surface area contributed by atoms with Gasteiger partial charge in [0.05, 0.1) is 11.9 Å². The third kappa shape index (κ3) is 3.53. The van der Waals surface area contributed by atoms with Gasteiger partial charge in [-0.25, -0.2) is 0 Å². The van der Waals surface area contributed by atoms with E-state index < -0.39 is 7.60 Å². The average Bonchev–Trinajstić information content (AvgIpc) is 2.39. The van der Waals surface area contributed by atoms with Crippen LogP contribution in [0.4, 0.5) is 0 Å². The maximum absolute atomic E-state index is 12.0. The maximum Gasteiger partial charge on any atom is 0.358 e. The van der Waals surface area contributed by atoms with Crippen molar-refractivity contribution >= 4 is 12.9 Å². The summed E-state index contributed by atoms with van der Waals surface area (Å²) in [5.74, 6) is 0.365. The lowest BCUT2D eigenvalue weighted by molar-refractivity contribution is 0.214. The van der Waals surface area contributed by atoms with E-state index in [1.165, 1.54) is 0 Å². The monoisotopic (exact) mass is 252 g/mol. The lowest BCUT2D eigenvalue weighted by atomic mass is 9.96. The van der Waals surface area contributed by atoms with Crippen molar-refractivity contribution < 1.29 is 14.0 Å². The maximum atomic E-state index is 12.0. The lowest BCUT2D eigenvalue weighted by Crippen LogP contribution is -2.14. The lowest BCUT2D eigenvalue weighted by Gasteiger charge is -2.19. The van der Waals surface area contributed by atoms with Crippen molar-refractivity contribution in [1.29, 1.82) is 0 Å². The molecule has 0 heterocycles. The highest BCUT2D eigenvalue weighted by atomic mass is 31.2. The number of hydrogen-bond acceptors (Lipinski definition) is 2. The second-order valence-corrected chi connectivity index (χ2v) is 6.12. The van der Waals surface area contributed by atoms with Crippen molar-refractivity contribution in [3.05, 3.63) is 42.5 Å². The highest BCUT2D eigenvalue weighted by Gasteiger charge is 2.24. The third-order valence-corrected chi connectivity index (χ3v) is 4.40. The molecule has 0 saturated carbocycles. The Balaban J connectivity index is 1.94. The van der Waals surface area contributed by atoms with Crippen LogP contribution in [-0.4, -0.2) is 11.5 Å². The summed E-state index contributed by atoms with van der Waals surface area (Å²) in [5, 5.41) is 0.367. The Kier molecular flexibility index (Phi) is 4.16. The van der Waals surface area contributed by atoms with Gasteiger partial charge in [-0.05, 0) is 37.3 Å². The van der Waals surface area contributed by atoms with Gasteiger partial charge in [0.15, 0.2) is 0 Å². The molecule has 2 unspecified atom stereocenters. The molecule has 2 rings (SSSR count). The Hall–Kier alpha value is -0.890. The molecule has 1 aliphatic carbocycles. The molecule has 17 heavy (non-hydrogen) atoms. The van der Waals surface area contributed by atoms with Crippen molar-refractivity contribution in [3.8, 4) is 0 Å². The molecular weight excluding hydrogens is 235 g/mol. The highest BCUT2D eigenvalue weighted by Crippen LogP contribution is 2.41.